The number of aryl methyl sites for hydroxylation is 1. The molecular formula is C18H17IN2OS. The zero-order chi connectivity index (χ0) is 16.2. The van der Waals surface area contributed by atoms with Crippen LogP contribution in [0.25, 0.3) is 10.2 Å². The van der Waals surface area contributed by atoms with E-state index in [9.17, 15) is 4.79 Å². The smallest absolute Gasteiger partial charge is 0.258 e. The zero-order valence-corrected chi connectivity index (χ0v) is 15.8. The molecule has 0 aliphatic carbocycles. The molecule has 23 heavy (non-hydrogen) atoms. The maximum atomic E-state index is 12.4. The topological polar surface area (TPSA) is 42.0 Å². The molecule has 3 nitrogen and oxygen atoms in total. The average Bonchev–Trinajstić information content (AvgIpc) is 2.94. The molecule has 1 amide bonds. The van der Waals surface area contributed by atoms with Gasteiger partial charge < -0.3 is 0 Å². The molecule has 5 heteroatoms. The Morgan fingerprint density at radius 2 is 2.09 bits per heavy atom. The summed E-state index contributed by atoms with van der Waals surface area (Å²) in [7, 11) is 0. The van der Waals surface area contributed by atoms with Crippen molar-refractivity contribution in [3.8, 4) is 0 Å². The SMILES string of the molecule is CCCCc1ccc2nc(NC(=O)c3ccccc3I)sc2c1. The molecule has 1 heterocycles. The molecule has 0 spiro atoms. The molecule has 1 aromatic heterocycles. The third-order valence-electron chi connectivity index (χ3n) is 3.61. The van der Waals surface area contributed by atoms with Crippen molar-refractivity contribution in [1.82, 2.24) is 4.98 Å². The summed E-state index contributed by atoms with van der Waals surface area (Å²) in [5, 5.41) is 3.57. The van der Waals surface area contributed by atoms with E-state index >= 15 is 0 Å². The number of carbonyl (C=O) groups excluding carboxylic acids is 1. The summed E-state index contributed by atoms with van der Waals surface area (Å²) in [5.41, 5.74) is 2.95. The summed E-state index contributed by atoms with van der Waals surface area (Å²) in [4.78, 5) is 16.9. The van der Waals surface area contributed by atoms with Crippen molar-refractivity contribution in [3.05, 3.63) is 57.2 Å². The fourth-order valence-electron chi connectivity index (χ4n) is 2.37. The molecule has 0 aliphatic heterocycles. The highest BCUT2D eigenvalue weighted by Gasteiger charge is 2.12. The largest absolute Gasteiger partial charge is 0.298 e. The number of nitrogens with one attached hydrogen (secondary N) is 1. The summed E-state index contributed by atoms with van der Waals surface area (Å²) < 4.78 is 2.06. The van der Waals surface area contributed by atoms with Crippen LogP contribution in [0.5, 0.6) is 0 Å². The van der Waals surface area contributed by atoms with Gasteiger partial charge in [-0.15, -0.1) is 0 Å². The molecular weight excluding hydrogens is 419 g/mol. The molecule has 3 aromatic rings. The van der Waals surface area contributed by atoms with E-state index < -0.39 is 0 Å². The summed E-state index contributed by atoms with van der Waals surface area (Å²) in [6, 6.07) is 13.9. The van der Waals surface area contributed by atoms with Gasteiger partial charge in [0.2, 0.25) is 0 Å². The third-order valence-corrected chi connectivity index (χ3v) is 5.49. The molecule has 0 saturated carbocycles. The normalized spacial score (nSPS) is 10.9. The number of rotatable bonds is 5. The van der Waals surface area contributed by atoms with E-state index in [1.807, 2.05) is 30.3 Å². The van der Waals surface area contributed by atoms with Gasteiger partial charge in [0.05, 0.1) is 15.8 Å². The molecule has 0 aliphatic rings. The molecule has 0 bridgehead atoms. The highest BCUT2D eigenvalue weighted by atomic mass is 127. The lowest BCUT2D eigenvalue weighted by Gasteiger charge is -2.03. The Labute approximate surface area is 153 Å². The molecule has 0 atom stereocenters. The van der Waals surface area contributed by atoms with Crippen LogP contribution < -0.4 is 5.32 Å². The van der Waals surface area contributed by atoms with Gasteiger partial charge in [0, 0.05) is 3.57 Å². The molecule has 3 rings (SSSR count). The van der Waals surface area contributed by atoms with E-state index in [1.165, 1.54) is 29.7 Å². The van der Waals surface area contributed by atoms with Crippen LogP contribution in [0.2, 0.25) is 0 Å². The van der Waals surface area contributed by atoms with Crippen LogP contribution in [0.4, 0.5) is 5.13 Å². The minimum Gasteiger partial charge on any atom is -0.298 e. The lowest BCUT2D eigenvalue weighted by atomic mass is 10.1. The fraction of sp³-hybridized carbons (Fsp3) is 0.222. The summed E-state index contributed by atoms with van der Waals surface area (Å²) >= 11 is 3.70. The number of nitrogens with zero attached hydrogens (tertiary/aromatic N) is 1. The number of benzene rings is 2. The van der Waals surface area contributed by atoms with Gasteiger partial charge in [-0.1, -0.05) is 42.9 Å². The lowest BCUT2D eigenvalue weighted by molar-refractivity contribution is 0.102. The summed E-state index contributed by atoms with van der Waals surface area (Å²) in [6.45, 7) is 2.20. The minimum atomic E-state index is -0.111. The minimum absolute atomic E-state index is 0.111. The highest BCUT2D eigenvalue weighted by molar-refractivity contribution is 14.1. The number of unbranched alkanes of at least 4 members (excludes halogenated alkanes) is 1. The van der Waals surface area contributed by atoms with Gasteiger partial charge in [-0.3, -0.25) is 10.1 Å². The average molecular weight is 436 g/mol. The standard InChI is InChI=1S/C18H17IN2OS/c1-2-3-6-12-9-10-15-16(11-12)23-18(20-15)21-17(22)13-7-4-5-8-14(13)19/h4-5,7-11H,2-3,6H2,1H3,(H,20,21,22). The quantitative estimate of drug-likeness (QED) is 0.537. The predicted octanol–water partition coefficient (Wildman–Crippen LogP) is 5.50. The fourth-order valence-corrected chi connectivity index (χ4v) is 3.93. The second-order valence-corrected chi connectivity index (χ2v) is 7.55. The van der Waals surface area contributed by atoms with Crippen molar-refractivity contribution in [1.29, 1.82) is 0 Å². The van der Waals surface area contributed by atoms with E-state index in [4.69, 9.17) is 0 Å². The molecule has 0 fully saturated rings. The van der Waals surface area contributed by atoms with Crippen LogP contribution in [-0.2, 0) is 6.42 Å². The molecule has 0 radical (unpaired) electrons. The number of aromatic nitrogens is 1. The second kappa shape index (κ2) is 7.40. The van der Waals surface area contributed by atoms with Gasteiger partial charge in [0.25, 0.3) is 5.91 Å². The van der Waals surface area contributed by atoms with Gasteiger partial charge in [-0.05, 0) is 65.3 Å². The first-order chi connectivity index (χ1) is 11.2. The predicted molar refractivity (Wildman–Crippen MR) is 105 cm³/mol. The molecule has 0 saturated heterocycles. The van der Waals surface area contributed by atoms with Crippen LogP contribution >= 0.6 is 33.9 Å². The van der Waals surface area contributed by atoms with Crippen LogP contribution in [0.1, 0.15) is 35.7 Å². The van der Waals surface area contributed by atoms with Gasteiger partial charge in [-0.25, -0.2) is 4.98 Å². The van der Waals surface area contributed by atoms with Crippen LogP contribution in [0.3, 0.4) is 0 Å². The Bertz CT molecular complexity index is 844. The second-order valence-electron chi connectivity index (χ2n) is 5.36. The van der Waals surface area contributed by atoms with Gasteiger partial charge >= 0.3 is 0 Å². The van der Waals surface area contributed by atoms with Gasteiger partial charge in [-0.2, -0.15) is 0 Å². The van der Waals surface area contributed by atoms with E-state index in [0.717, 1.165) is 20.2 Å². The maximum Gasteiger partial charge on any atom is 0.258 e. The van der Waals surface area contributed by atoms with Crippen molar-refractivity contribution < 1.29 is 4.79 Å². The number of thiazole rings is 1. The van der Waals surface area contributed by atoms with Gasteiger partial charge in [0.15, 0.2) is 5.13 Å². The molecule has 0 unspecified atom stereocenters. The maximum absolute atomic E-state index is 12.4. The number of hydrogen-bond acceptors (Lipinski definition) is 3. The van der Waals surface area contributed by atoms with E-state index in [2.05, 4.69) is 51.9 Å². The summed E-state index contributed by atoms with van der Waals surface area (Å²) in [5.74, 6) is -0.111. The van der Waals surface area contributed by atoms with Crippen molar-refractivity contribution in [3.63, 3.8) is 0 Å². The van der Waals surface area contributed by atoms with E-state index in [-0.39, 0.29) is 5.91 Å². The molecule has 2 aromatic carbocycles. The Morgan fingerprint density at radius 1 is 1.26 bits per heavy atom. The highest BCUT2D eigenvalue weighted by Crippen LogP contribution is 2.28. The Kier molecular flexibility index (Phi) is 5.27. The van der Waals surface area contributed by atoms with E-state index in [1.54, 1.807) is 0 Å². The Balaban J connectivity index is 1.80. The van der Waals surface area contributed by atoms with Crippen molar-refractivity contribution in [2.24, 2.45) is 0 Å². The van der Waals surface area contributed by atoms with E-state index in [0.29, 0.717) is 10.7 Å². The first kappa shape index (κ1) is 16.4. The first-order valence-electron chi connectivity index (χ1n) is 7.62. The van der Waals surface area contributed by atoms with Crippen molar-refractivity contribution in [2.75, 3.05) is 5.32 Å². The Morgan fingerprint density at radius 3 is 2.87 bits per heavy atom. The number of carbonyl (C=O) groups is 1. The number of hydrogen-bond donors (Lipinski definition) is 1. The molecule has 118 valence electrons. The number of fused-ring (bicyclic) bond motifs is 1. The van der Waals surface area contributed by atoms with Crippen LogP contribution in [0.15, 0.2) is 42.5 Å². The third kappa shape index (κ3) is 3.90. The number of halogens is 1. The summed E-state index contributed by atoms with van der Waals surface area (Å²) in [6.07, 6.45) is 3.48. The van der Waals surface area contributed by atoms with Crippen molar-refractivity contribution >= 4 is 55.2 Å². The lowest BCUT2D eigenvalue weighted by Crippen LogP contribution is -2.12. The number of amides is 1. The zero-order valence-electron chi connectivity index (χ0n) is 12.8. The first-order valence-corrected chi connectivity index (χ1v) is 9.52. The Hall–Kier alpha value is -1.47. The number of anilines is 1. The molecule has 1 N–H and O–H groups in total. The van der Waals surface area contributed by atoms with Gasteiger partial charge in [0.1, 0.15) is 0 Å². The van der Waals surface area contributed by atoms with Crippen LogP contribution in [-0.4, -0.2) is 10.9 Å². The van der Waals surface area contributed by atoms with Crippen LogP contribution in [0, 0.1) is 3.57 Å². The van der Waals surface area contributed by atoms with Crippen molar-refractivity contribution in [2.45, 2.75) is 26.2 Å². The monoisotopic (exact) mass is 436 g/mol.